The molecule has 0 aromatic heterocycles. The van der Waals surface area contributed by atoms with E-state index in [0.29, 0.717) is 26.1 Å². The Morgan fingerprint density at radius 2 is 1.79 bits per heavy atom. The Labute approximate surface area is 170 Å². The zero-order chi connectivity index (χ0) is 20.4. The van der Waals surface area contributed by atoms with Crippen LogP contribution in [0.25, 0.3) is 0 Å². The second-order valence-electron chi connectivity index (χ2n) is 8.06. The first-order valence-electron chi connectivity index (χ1n) is 10.9. The van der Waals surface area contributed by atoms with Gasteiger partial charge in [0.2, 0.25) is 5.91 Å². The lowest BCUT2D eigenvalue weighted by Gasteiger charge is -2.34. The Morgan fingerprint density at radius 3 is 2.46 bits per heavy atom. The zero-order valence-corrected chi connectivity index (χ0v) is 18.1. The average molecular weight is 391 g/mol. The van der Waals surface area contributed by atoms with Gasteiger partial charge in [0.1, 0.15) is 0 Å². The van der Waals surface area contributed by atoms with E-state index in [2.05, 4.69) is 24.1 Å². The topological polar surface area (TPSA) is 50.8 Å². The molecule has 0 aliphatic carbocycles. The standard InChI is InChI=1S/C23H38N2O3/c1-5-27-21-10-8-20(15-22(21)28-6-2)9-11-23(26)24-12-7-13-25-16-18(3)14-19(4)17-25/h8,10,15,18-19H,5-7,9,11-14,16-17H2,1-4H3,(H,24,26)/t18-,19-/m0/s1. The minimum Gasteiger partial charge on any atom is -0.490 e. The number of ether oxygens (including phenoxy) is 2. The van der Waals surface area contributed by atoms with E-state index in [1.165, 1.54) is 19.5 Å². The number of amides is 1. The predicted octanol–water partition coefficient (Wildman–Crippen LogP) is 3.90. The lowest BCUT2D eigenvalue weighted by Crippen LogP contribution is -2.40. The quantitative estimate of drug-likeness (QED) is 0.582. The first kappa shape index (κ1) is 22.5. The summed E-state index contributed by atoms with van der Waals surface area (Å²) in [5.41, 5.74) is 1.10. The van der Waals surface area contributed by atoms with Crippen molar-refractivity contribution in [2.45, 2.75) is 53.4 Å². The molecule has 1 amide bonds. The van der Waals surface area contributed by atoms with Crippen molar-refractivity contribution in [2.24, 2.45) is 11.8 Å². The van der Waals surface area contributed by atoms with Gasteiger partial charge in [-0.2, -0.15) is 0 Å². The van der Waals surface area contributed by atoms with Gasteiger partial charge in [-0.3, -0.25) is 4.79 Å². The number of benzene rings is 1. The highest BCUT2D eigenvalue weighted by Crippen LogP contribution is 2.29. The van der Waals surface area contributed by atoms with Crippen molar-refractivity contribution in [1.29, 1.82) is 0 Å². The summed E-state index contributed by atoms with van der Waals surface area (Å²) in [5, 5.41) is 3.06. The third-order valence-electron chi connectivity index (χ3n) is 5.17. The zero-order valence-electron chi connectivity index (χ0n) is 18.1. The fourth-order valence-corrected chi connectivity index (χ4v) is 4.10. The van der Waals surface area contributed by atoms with Crippen molar-refractivity contribution >= 4 is 5.91 Å². The van der Waals surface area contributed by atoms with E-state index >= 15 is 0 Å². The normalized spacial score (nSPS) is 20.0. The van der Waals surface area contributed by atoms with Crippen molar-refractivity contribution in [1.82, 2.24) is 10.2 Å². The van der Waals surface area contributed by atoms with Crippen LogP contribution in [0.4, 0.5) is 0 Å². The summed E-state index contributed by atoms with van der Waals surface area (Å²) in [7, 11) is 0. The number of rotatable bonds is 11. The minimum atomic E-state index is 0.118. The van der Waals surface area contributed by atoms with Gasteiger partial charge in [-0.1, -0.05) is 19.9 Å². The van der Waals surface area contributed by atoms with Gasteiger partial charge in [0.15, 0.2) is 11.5 Å². The van der Waals surface area contributed by atoms with Gasteiger partial charge in [-0.05, 0) is 69.2 Å². The summed E-state index contributed by atoms with van der Waals surface area (Å²) < 4.78 is 11.2. The number of likely N-dealkylation sites (tertiary alicyclic amines) is 1. The lowest BCUT2D eigenvalue weighted by molar-refractivity contribution is -0.121. The van der Waals surface area contributed by atoms with Gasteiger partial charge >= 0.3 is 0 Å². The minimum absolute atomic E-state index is 0.118. The van der Waals surface area contributed by atoms with E-state index in [1.807, 2.05) is 32.0 Å². The molecule has 1 aliphatic heterocycles. The molecule has 1 aliphatic rings. The number of carbonyl (C=O) groups excluding carboxylic acids is 1. The van der Waals surface area contributed by atoms with Crippen LogP contribution in [-0.2, 0) is 11.2 Å². The highest BCUT2D eigenvalue weighted by molar-refractivity contribution is 5.76. The van der Waals surface area contributed by atoms with Gasteiger partial charge in [-0.15, -0.1) is 0 Å². The molecule has 5 nitrogen and oxygen atoms in total. The number of carbonyl (C=O) groups is 1. The molecule has 1 aromatic carbocycles. The number of nitrogens with one attached hydrogen (secondary N) is 1. The van der Waals surface area contributed by atoms with Crippen LogP contribution in [0.1, 0.15) is 52.5 Å². The average Bonchev–Trinajstić information content (AvgIpc) is 2.65. The van der Waals surface area contributed by atoms with Crippen LogP contribution >= 0.6 is 0 Å². The first-order chi connectivity index (χ1) is 13.5. The van der Waals surface area contributed by atoms with Crippen LogP contribution in [0, 0.1) is 11.8 Å². The molecule has 2 rings (SSSR count). The van der Waals surface area contributed by atoms with Crippen LogP contribution in [0.15, 0.2) is 18.2 Å². The van der Waals surface area contributed by atoms with Crippen LogP contribution in [0.2, 0.25) is 0 Å². The molecule has 1 aromatic rings. The molecule has 0 saturated carbocycles. The highest BCUT2D eigenvalue weighted by Gasteiger charge is 2.21. The summed E-state index contributed by atoms with van der Waals surface area (Å²) in [4.78, 5) is 14.7. The molecular weight excluding hydrogens is 352 g/mol. The van der Waals surface area contributed by atoms with Gasteiger partial charge < -0.3 is 19.7 Å². The van der Waals surface area contributed by atoms with Gasteiger partial charge in [0, 0.05) is 26.1 Å². The molecule has 5 heteroatoms. The van der Waals surface area contributed by atoms with Crippen LogP contribution in [-0.4, -0.2) is 50.2 Å². The van der Waals surface area contributed by atoms with Crippen molar-refractivity contribution in [3.05, 3.63) is 23.8 Å². The van der Waals surface area contributed by atoms with E-state index in [9.17, 15) is 4.79 Å². The predicted molar refractivity (Wildman–Crippen MR) is 114 cm³/mol. The molecule has 1 saturated heterocycles. The number of piperidine rings is 1. The Balaban J connectivity index is 1.68. The molecule has 1 fully saturated rings. The smallest absolute Gasteiger partial charge is 0.220 e. The lowest BCUT2D eigenvalue weighted by atomic mass is 9.92. The van der Waals surface area contributed by atoms with Crippen molar-refractivity contribution in [3.8, 4) is 11.5 Å². The van der Waals surface area contributed by atoms with Crippen LogP contribution in [0.5, 0.6) is 11.5 Å². The second kappa shape index (κ2) is 11.9. The van der Waals surface area contributed by atoms with Crippen molar-refractivity contribution in [2.75, 3.05) is 39.4 Å². The molecular formula is C23H38N2O3. The number of aryl methyl sites for hydroxylation is 1. The molecule has 0 bridgehead atoms. The third-order valence-corrected chi connectivity index (χ3v) is 5.17. The van der Waals surface area contributed by atoms with Crippen LogP contribution < -0.4 is 14.8 Å². The third kappa shape index (κ3) is 7.70. The maximum atomic E-state index is 12.2. The first-order valence-corrected chi connectivity index (χ1v) is 10.9. The summed E-state index contributed by atoms with van der Waals surface area (Å²) in [6.45, 7) is 14.0. The summed E-state index contributed by atoms with van der Waals surface area (Å²) in [6, 6.07) is 5.93. The SMILES string of the molecule is CCOc1ccc(CCC(=O)NCCCN2C[C@@H](C)C[C@H](C)C2)cc1OCC. The summed E-state index contributed by atoms with van der Waals surface area (Å²) >= 11 is 0. The Morgan fingerprint density at radius 1 is 1.11 bits per heavy atom. The molecule has 2 atom stereocenters. The Hall–Kier alpha value is -1.75. The Kier molecular flexibility index (Phi) is 9.62. The summed E-state index contributed by atoms with van der Waals surface area (Å²) in [6.07, 6.45) is 3.56. The van der Waals surface area contributed by atoms with E-state index in [0.717, 1.165) is 48.4 Å². The molecule has 28 heavy (non-hydrogen) atoms. The van der Waals surface area contributed by atoms with Crippen molar-refractivity contribution < 1.29 is 14.3 Å². The monoisotopic (exact) mass is 390 g/mol. The van der Waals surface area contributed by atoms with Gasteiger partial charge in [0.25, 0.3) is 0 Å². The Bertz CT molecular complexity index is 596. The summed E-state index contributed by atoms with van der Waals surface area (Å²) in [5.74, 6) is 3.21. The number of nitrogens with zero attached hydrogens (tertiary/aromatic N) is 1. The largest absolute Gasteiger partial charge is 0.490 e. The number of hydrogen-bond donors (Lipinski definition) is 1. The van der Waals surface area contributed by atoms with E-state index in [1.54, 1.807) is 0 Å². The molecule has 1 N–H and O–H groups in total. The molecule has 1 heterocycles. The van der Waals surface area contributed by atoms with E-state index in [-0.39, 0.29) is 5.91 Å². The maximum absolute atomic E-state index is 12.2. The fraction of sp³-hybridized carbons (Fsp3) is 0.696. The molecule has 158 valence electrons. The van der Waals surface area contributed by atoms with Crippen LogP contribution in [0.3, 0.4) is 0 Å². The molecule has 0 spiro atoms. The van der Waals surface area contributed by atoms with Gasteiger partial charge in [-0.25, -0.2) is 0 Å². The number of hydrogen-bond acceptors (Lipinski definition) is 4. The molecule has 0 radical (unpaired) electrons. The second-order valence-corrected chi connectivity index (χ2v) is 8.06. The highest BCUT2D eigenvalue weighted by atomic mass is 16.5. The van der Waals surface area contributed by atoms with Gasteiger partial charge in [0.05, 0.1) is 13.2 Å². The fourth-order valence-electron chi connectivity index (χ4n) is 4.10. The van der Waals surface area contributed by atoms with E-state index in [4.69, 9.17) is 9.47 Å². The maximum Gasteiger partial charge on any atom is 0.220 e. The van der Waals surface area contributed by atoms with Crippen molar-refractivity contribution in [3.63, 3.8) is 0 Å². The molecule has 0 unspecified atom stereocenters. The van der Waals surface area contributed by atoms with E-state index < -0.39 is 0 Å².